The fourth-order valence-corrected chi connectivity index (χ4v) is 8.80. The second-order valence-corrected chi connectivity index (χ2v) is 14.0. The van der Waals surface area contributed by atoms with Gasteiger partial charge in [0, 0.05) is 49.3 Å². The normalized spacial score (nSPS) is 11.6. The number of hydrogen-bond acceptors (Lipinski definition) is 2. The molecule has 0 amide bonds. The molecular formula is C50H29N5. The van der Waals surface area contributed by atoms with E-state index < -0.39 is 0 Å². The van der Waals surface area contributed by atoms with Crippen molar-refractivity contribution >= 4 is 65.4 Å². The number of fused-ring (bicyclic) bond motifs is 9. The van der Waals surface area contributed by atoms with Gasteiger partial charge in [-0.05, 0) is 78.4 Å². The highest BCUT2D eigenvalue weighted by molar-refractivity contribution is 6.13. The fourth-order valence-electron chi connectivity index (χ4n) is 8.80. The molecule has 0 atom stereocenters. The molecule has 0 radical (unpaired) electrons. The van der Waals surface area contributed by atoms with Gasteiger partial charge in [0.15, 0.2) is 0 Å². The van der Waals surface area contributed by atoms with Gasteiger partial charge in [-0.25, -0.2) is 0 Å². The number of aromatic nitrogens is 3. The molecule has 0 bridgehead atoms. The van der Waals surface area contributed by atoms with E-state index in [9.17, 15) is 10.5 Å². The van der Waals surface area contributed by atoms with E-state index in [0.29, 0.717) is 11.1 Å². The van der Waals surface area contributed by atoms with Crippen molar-refractivity contribution in [3.63, 3.8) is 0 Å². The van der Waals surface area contributed by atoms with Crippen molar-refractivity contribution in [1.82, 2.24) is 13.7 Å². The van der Waals surface area contributed by atoms with Gasteiger partial charge in [-0.2, -0.15) is 10.5 Å². The van der Waals surface area contributed by atoms with Crippen LogP contribution in [-0.2, 0) is 0 Å². The zero-order valence-corrected chi connectivity index (χ0v) is 29.5. The number of nitrogens with zero attached hydrogens (tertiary/aromatic N) is 5. The molecule has 5 nitrogen and oxygen atoms in total. The molecule has 11 aromatic rings. The van der Waals surface area contributed by atoms with Crippen LogP contribution in [0.1, 0.15) is 11.1 Å². The van der Waals surface area contributed by atoms with Crippen LogP contribution in [0.2, 0.25) is 0 Å². The van der Waals surface area contributed by atoms with Crippen molar-refractivity contribution < 1.29 is 0 Å². The lowest BCUT2D eigenvalue weighted by Crippen LogP contribution is -2.01. The maximum absolute atomic E-state index is 10.6. The van der Waals surface area contributed by atoms with E-state index in [0.717, 1.165) is 61.0 Å². The number of hydrogen-bond donors (Lipinski definition) is 0. The lowest BCUT2D eigenvalue weighted by Gasteiger charge is -2.17. The highest BCUT2D eigenvalue weighted by Gasteiger charge is 2.21. The molecule has 55 heavy (non-hydrogen) atoms. The van der Waals surface area contributed by atoms with Gasteiger partial charge in [0.2, 0.25) is 0 Å². The molecule has 3 heterocycles. The molecule has 3 aromatic heterocycles. The Labute approximate surface area is 316 Å². The van der Waals surface area contributed by atoms with Crippen LogP contribution in [0.3, 0.4) is 0 Å². The van der Waals surface area contributed by atoms with Crippen molar-refractivity contribution in [2.75, 3.05) is 0 Å². The SMILES string of the molecule is N#Cc1ccc2c3ccccc3n(-c3cccc(C#N)c3-c3cccc(-n4c5ccccc5c5ccc(-n6c7ccccc7c7ccccc76)cc54)c3)c2c1. The van der Waals surface area contributed by atoms with Gasteiger partial charge in [0.1, 0.15) is 0 Å². The van der Waals surface area contributed by atoms with E-state index in [4.69, 9.17) is 0 Å². The predicted octanol–water partition coefficient (Wildman–Crippen LogP) is 12.4. The molecule has 254 valence electrons. The highest BCUT2D eigenvalue weighted by Crippen LogP contribution is 2.41. The second-order valence-electron chi connectivity index (χ2n) is 14.0. The van der Waals surface area contributed by atoms with Crippen LogP contribution in [-0.4, -0.2) is 13.7 Å². The Balaban J connectivity index is 1.17. The number of benzene rings is 8. The van der Waals surface area contributed by atoms with Crippen molar-refractivity contribution in [1.29, 1.82) is 10.5 Å². The second kappa shape index (κ2) is 11.8. The van der Waals surface area contributed by atoms with E-state index >= 15 is 0 Å². The minimum absolute atomic E-state index is 0.577. The third kappa shape index (κ3) is 4.45. The lowest BCUT2D eigenvalue weighted by molar-refractivity contribution is 1.15. The molecular weight excluding hydrogens is 671 g/mol. The van der Waals surface area contributed by atoms with Gasteiger partial charge in [-0.1, -0.05) is 103 Å². The van der Waals surface area contributed by atoms with Gasteiger partial charge < -0.3 is 13.7 Å². The van der Waals surface area contributed by atoms with Crippen LogP contribution in [0.5, 0.6) is 0 Å². The number of nitriles is 2. The summed E-state index contributed by atoms with van der Waals surface area (Å²) in [5.41, 5.74) is 12.4. The van der Waals surface area contributed by atoms with Gasteiger partial charge >= 0.3 is 0 Å². The summed E-state index contributed by atoms with van der Waals surface area (Å²) in [6.07, 6.45) is 0. The first kappa shape index (κ1) is 30.7. The van der Waals surface area contributed by atoms with Crippen molar-refractivity contribution in [3.05, 3.63) is 187 Å². The van der Waals surface area contributed by atoms with Gasteiger partial charge in [0.25, 0.3) is 0 Å². The first-order chi connectivity index (χ1) is 27.2. The van der Waals surface area contributed by atoms with Crippen LogP contribution in [0.4, 0.5) is 0 Å². The molecule has 8 aromatic carbocycles. The van der Waals surface area contributed by atoms with E-state index in [1.165, 1.54) is 32.6 Å². The molecule has 0 fully saturated rings. The van der Waals surface area contributed by atoms with Gasteiger partial charge in [0.05, 0.1) is 62.1 Å². The molecule has 0 saturated heterocycles. The monoisotopic (exact) mass is 699 g/mol. The van der Waals surface area contributed by atoms with Gasteiger partial charge in [-0.15, -0.1) is 0 Å². The summed E-state index contributed by atoms with van der Waals surface area (Å²) in [4.78, 5) is 0. The first-order valence-electron chi connectivity index (χ1n) is 18.3. The van der Waals surface area contributed by atoms with Crippen LogP contribution in [0.25, 0.3) is 93.6 Å². The van der Waals surface area contributed by atoms with Crippen LogP contribution in [0.15, 0.2) is 176 Å². The Morgan fingerprint density at radius 2 is 0.836 bits per heavy atom. The van der Waals surface area contributed by atoms with Crippen molar-refractivity contribution in [2.45, 2.75) is 0 Å². The van der Waals surface area contributed by atoms with Crippen LogP contribution in [0, 0.1) is 22.7 Å². The molecule has 0 saturated carbocycles. The van der Waals surface area contributed by atoms with E-state index in [1.807, 2.05) is 42.5 Å². The zero-order valence-electron chi connectivity index (χ0n) is 29.5. The molecule has 0 unspecified atom stereocenters. The lowest BCUT2D eigenvalue weighted by atomic mass is 9.97. The Morgan fingerprint density at radius 3 is 1.44 bits per heavy atom. The minimum atomic E-state index is 0.577. The zero-order chi connectivity index (χ0) is 36.6. The molecule has 0 aliphatic heterocycles. The summed E-state index contributed by atoms with van der Waals surface area (Å²) in [5, 5.41) is 27.4. The number of para-hydroxylation sites is 4. The van der Waals surface area contributed by atoms with Crippen LogP contribution >= 0.6 is 0 Å². The predicted molar refractivity (Wildman–Crippen MR) is 224 cm³/mol. The van der Waals surface area contributed by atoms with E-state index in [2.05, 4.69) is 159 Å². The Kier molecular flexibility index (Phi) is 6.61. The summed E-state index contributed by atoms with van der Waals surface area (Å²) >= 11 is 0. The average molecular weight is 700 g/mol. The first-order valence-corrected chi connectivity index (χ1v) is 18.3. The van der Waals surface area contributed by atoms with Crippen LogP contribution < -0.4 is 0 Å². The summed E-state index contributed by atoms with van der Waals surface area (Å²) < 4.78 is 6.91. The molecule has 0 N–H and O–H groups in total. The molecule has 0 spiro atoms. The van der Waals surface area contributed by atoms with Gasteiger partial charge in [-0.3, -0.25) is 0 Å². The molecule has 5 heteroatoms. The summed E-state index contributed by atoms with van der Waals surface area (Å²) in [6.45, 7) is 0. The van der Waals surface area contributed by atoms with E-state index in [-0.39, 0.29) is 0 Å². The maximum Gasteiger partial charge on any atom is 0.0998 e. The minimum Gasteiger partial charge on any atom is -0.309 e. The summed E-state index contributed by atoms with van der Waals surface area (Å²) in [7, 11) is 0. The Bertz CT molecular complexity index is 3420. The molecule has 11 rings (SSSR count). The fraction of sp³-hybridized carbons (Fsp3) is 0. The third-order valence-electron chi connectivity index (χ3n) is 11.1. The highest BCUT2D eigenvalue weighted by atomic mass is 15.0. The molecule has 0 aliphatic rings. The third-order valence-corrected chi connectivity index (χ3v) is 11.1. The summed E-state index contributed by atoms with van der Waals surface area (Å²) in [5.74, 6) is 0. The summed E-state index contributed by atoms with van der Waals surface area (Å²) in [6, 6.07) is 66.0. The number of rotatable bonds is 4. The quantitative estimate of drug-likeness (QED) is 0.184. The van der Waals surface area contributed by atoms with Crippen molar-refractivity contribution in [3.8, 4) is 40.3 Å². The van der Waals surface area contributed by atoms with E-state index in [1.54, 1.807) is 0 Å². The Hall–Kier alpha value is -7.86. The largest absolute Gasteiger partial charge is 0.309 e. The Morgan fingerprint density at radius 1 is 0.345 bits per heavy atom. The average Bonchev–Trinajstić information content (AvgIpc) is 3.88. The van der Waals surface area contributed by atoms with Crippen molar-refractivity contribution in [2.24, 2.45) is 0 Å². The maximum atomic E-state index is 10.6. The standard InChI is InChI=1S/C50H29N5/c51-30-32-23-25-41-40-17-4-8-21-46(40)55(48(41)27-32)47-22-10-12-34(31-52)50(47)33-11-9-13-35(28-33)54-45-20-7-3-16-39(45)42-26-24-36(29-49(42)54)53-43-18-5-1-14-37(43)38-15-2-6-19-44(38)53/h1-29H. The topological polar surface area (TPSA) is 62.4 Å². The smallest absolute Gasteiger partial charge is 0.0998 e. The molecule has 0 aliphatic carbocycles.